The number of halogens is 1. The molecule has 2 aromatic rings. The summed E-state index contributed by atoms with van der Waals surface area (Å²) in [5, 5.41) is 3.26. The molecule has 1 amide bonds. The molecule has 0 spiro atoms. The number of hydrogen-bond donors (Lipinski definition) is 1. The van der Waals surface area contributed by atoms with Crippen molar-refractivity contribution < 1.29 is 18.7 Å². The molecule has 0 aliphatic carbocycles. The number of hydrogen-bond acceptors (Lipinski definition) is 5. The van der Waals surface area contributed by atoms with E-state index in [0.717, 1.165) is 0 Å². The summed E-state index contributed by atoms with van der Waals surface area (Å²) in [4.78, 5) is 28.8. The molecular weight excluding hydrogens is 345 g/mol. The lowest BCUT2D eigenvalue weighted by molar-refractivity contribution is -0.144. The van der Waals surface area contributed by atoms with Crippen LogP contribution in [0.4, 0.5) is 4.39 Å². The van der Waals surface area contributed by atoms with Crippen molar-refractivity contribution in [3.63, 3.8) is 0 Å². The summed E-state index contributed by atoms with van der Waals surface area (Å²) in [7, 11) is 1.28. The second-order valence-corrected chi connectivity index (χ2v) is 6.43. The minimum atomic E-state index is -0.771. The van der Waals surface area contributed by atoms with E-state index in [4.69, 9.17) is 4.74 Å². The Balaban J connectivity index is 2.39. The molecule has 134 valence electrons. The molecule has 0 aliphatic rings. The van der Waals surface area contributed by atoms with Gasteiger partial charge in [0.15, 0.2) is 5.16 Å². The number of imidazole rings is 1. The van der Waals surface area contributed by atoms with Crippen LogP contribution in [0.2, 0.25) is 0 Å². The van der Waals surface area contributed by atoms with E-state index in [1.165, 1.54) is 37.2 Å². The molecule has 0 saturated heterocycles. The van der Waals surface area contributed by atoms with Crippen LogP contribution in [0.5, 0.6) is 0 Å². The average molecular weight is 365 g/mol. The first-order chi connectivity index (χ1) is 11.9. The predicted octanol–water partition coefficient (Wildman–Crippen LogP) is 2.66. The summed E-state index contributed by atoms with van der Waals surface area (Å²) in [6, 6.07) is 4.98. The van der Waals surface area contributed by atoms with E-state index >= 15 is 0 Å². The van der Waals surface area contributed by atoms with Crippen LogP contribution >= 0.6 is 11.8 Å². The van der Waals surface area contributed by atoms with Gasteiger partial charge in [-0.2, -0.15) is 0 Å². The van der Waals surface area contributed by atoms with Gasteiger partial charge in [0.25, 0.3) is 5.91 Å². The van der Waals surface area contributed by atoms with Gasteiger partial charge in [-0.15, -0.1) is 0 Å². The number of nitrogens with one attached hydrogen (secondary N) is 1. The second-order valence-electron chi connectivity index (χ2n) is 5.66. The maximum absolute atomic E-state index is 13.2. The highest BCUT2D eigenvalue weighted by atomic mass is 32.2. The summed E-state index contributed by atoms with van der Waals surface area (Å²) >= 11 is 1.36. The molecule has 1 heterocycles. The SMILES string of the molecule is COC(=O)C(NC(=O)c1cnc(SC)n1-c1ccc(F)cc1)C(C)C. The van der Waals surface area contributed by atoms with E-state index in [2.05, 4.69) is 10.3 Å². The molecule has 1 unspecified atom stereocenters. The van der Waals surface area contributed by atoms with Crippen LogP contribution in [0.15, 0.2) is 35.6 Å². The number of aromatic nitrogens is 2. The molecule has 1 N–H and O–H groups in total. The minimum Gasteiger partial charge on any atom is -0.467 e. The van der Waals surface area contributed by atoms with Crippen LogP contribution in [0, 0.1) is 11.7 Å². The molecule has 0 aliphatic heterocycles. The third-order valence-corrected chi connectivity index (χ3v) is 4.29. The number of thioether (sulfide) groups is 1. The van der Waals surface area contributed by atoms with E-state index in [9.17, 15) is 14.0 Å². The van der Waals surface area contributed by atoms with E-state index < -0.39 is 17.9 Å². The first kappa shape index (κ1) is 19.0. The predicted molar refractivity (Wildman–Crippen MR) is 93.4 cm³/mol. The fourth-order valence-corrected chi connectivity index (χ4v) is 2.86. The van der Waals surface area contributed by atoms with Crippen LogP contribution in [0.25, 0.3) is 5.69 Å². The normalized spacial score (nSPS) is 12.1. The Morgan fingerprint density at radius 2 is 1.92 bits per heavy atom. The zero-order valence-electron chi connectivity index (χ0n) is 14.4. The summed E-state index contributed by atoms with van der Waals surface area (Å²) in [5.74, 6) is -1.48. The van der Waals surface area contributed by atoms with Gasteiger partial charge in [-0.05, 0) is 36.4 Å². The lowest BCUT2D eigenvalue weighted by Crippen LogP contribution is -2.45. The fourth-order valence-electron chi connectivity index (χ4n) is 2.32. The molecule has 0 saturated carbocycles. The summed E-state index contributed by atoms with van der Waals surface area (Å²) < 4.78 is 19.6. The molecule has 2 rings (SSSR count). The topological polar surface area (TPSA) is 73.2 Å². The van der Waals surface area contributed by atoms with Gasteiger partial charge >= 0.3 is 5.97 Å². The van der Waals surface area contributed by atoms with Crippen molar-refractivity contribution >= 4 is 23.6 Å². The van der Waals surface area contributed by atoms with Gasteiger partial charge in [0.2, 0.25) is 0 Å². The number of methoxy groups -OCH3 is 1. The first-order valence-corrected chi connectivity index (χ1v) is 8.87. The Bertz CT molecular complexity index is 759. The van der Waals surface area contributed by atoms with Crippen LogP contribution < -0.4 is 5.32 Å². The largest absolute Gasteiger partial charge is 0.467 e. The number of amides is 1. The van der Waals surface area contributed by atoms with Crippen molar-refractivity contribution in [3.8, 4) is 5.69 Å². The summed E-state index contributed by atoms with van der Waals surface area (Å²) in [5.41, 5.74) is 0.859. The molecule has 1 aromatic carbocycles. The van der Waals surface area contributed by atoms with Crippen molar-refractivity contribution in [2.75, 3.05) is 13.4 Å². The lowest BCUT2D eigenvalue weighted by atomic mass is 10.0. The Hall–Kier alpha value is -2.35. The van der Waals surface area contributed by atoms with Crippen molar-refractivity contribution in [2.45, 2.75) is 25.0 Å². The smallest absolute Gasteiger partial charge is 0.328 e. The zero-order valence-corrected chi connectivity index (χ0v) is 15.3. The third kappa shape index (κ3) is 4.19. The number of nitrogens with zero attached hydrogens (tertiary/aromatic N) is 2. The number of carbonyl (C=O) groups is 2. The molecule has 0 bridgehead atoms. The lowest BCUT2D eigenvalue weighted by Gasteiger charge is -2.20. The Labute approximate surface area is 149 Å². The van der Waals surface area contributed by atoms with Gasteiger partial charge in [-0.1, -0.05) is 25.6 Å². The quantitative estimate of drug-likeness (QED) is 0.629. The zero-order chi connectivity index (χ0) is 18.6. The van der Waals surface area contributed by atoms with Gasteiger partial charge in [0, 0.05) is 5.69 Å². The molecule has 1 aromatic heterocycles. The highest BCUT2D eigenvalue weighted by Crippen LogP contribution is 2.22. The van der Waals surface area contributed by atoms with Gasteiger partial charge in [-0.3, -0.25) is 9.36 Å². The van der Waals surface area contributed by atoms with Gasteiger partial charge < -0.3 is 10.1 Å². The van der Waals surface area contributed by atoms with E-state index in [-0.39, 0.29) is 17.4 Å². The van der Waals surface area contributed by atoms with E-state index in [0.29, 0.717) is 10.8 Å². The molecule has 6 nitrogen and oxygen atoms in total. The average Bonchev–Trinajstić information content (AvgIpc) is 3.03. The number of benzene rings is 1. The maximum Gasteiger partial charge on any atom is 0.328 e. The van der Waals surface area contributed by atoms with Crippen LogP contribution in [-0.2, 0) is 9.53 Å². The van der Waals surface area contributed by atoms with E-state index in [1.807, 2.05) is 20.1 Å². The number of ether oxygens (including phenoxy) is 1. The standard InChI is InChI=1S/C17H20FN3O3S/c1-10(2)14(16(23)24-3)20-15(22)13-9-19-17(25-4)21(13)12-7-5-11(18)6-8-12/h5-10,14H,1-4H3,(H,20,22). The van der Waals surface area contributed by atoms with Gasteiger partial charge in [0.05, 0.1) is 13.3 Å². The third-order valence-electron chi connectivity index (χ3n) is 3.64. The Morgan fingerprint density at radius 1 is 1.28 bits per heavy atom. The number of esters is 1. The molecular formula is C17H20FN3O3S. The highest BCUT2D eigenvalue weighted by Gasteiger charge is 2.27. The minimum absolute atomic E-state index is 0.140. The fraction of sp³-hybridized carbons (Fsp3) is 0.353. The second kappa shape index (κ2) is 8.15. The Morgan fingerprint density at radius 3 is 2.44 bits per heavy atom. The maximum atomic E-state index is 13.2. The Kier molecular flexibility index (Phi) is 6.19. The monoisotopic (exact) mass is 365 g/mol. The van der Waals surface area contributed by atoms with Crippen LogP contribution in [0.1, 0.15) is 24.3 Å². The molecule has 0 radical (unpaired) electrons. The summed E-state index contributed by atoms with van der Waals surface area (Å²) in [6.45, 7) is 3.62. The van der Waals surface area contributed by atoms with Crippen LogP contribution in [0.3, 0.4) is 0 Å². The van der Waals surface area contributed by atoms with Gasteiger partial charge in [-0.25, -0.2) is 14.2 Å². The molecule has 0 fully saturated rings. The first-order valence-electron chi connectivity index (χ1n) is 7.65. The van der Waals surface area contributed by atoms with Gasteiger partial charge in [0.1, 0.15) is 17.6 Å². The van der Waals surface area contributed by atoms with Crippen molar-refractivity contribution in [3.05, 3.63) is 42.0 Å². The summed E-state index contributed by atoms with van der Waals surface area (Å²) in [6.07, 6.45) is 3.26. The van der Waals surface area contributed by atoms with Crippen molar-refractivity contribution in [1.29, 1.82) is 0 Å². The van der Waals surface area contributed by atoms with Crippen LogP contribution in [-0.4, -0.2) is 40.8 Å². The molecule has 8 heteroatoms. The van der Waals surface area contributed by atoms with Crippen molar-refractivity contribution in [2.24, 2.45) is 5.92 Å². The van der Waals surface area contributed by atoms with Crippen molar-refractivity contribution in [1.82, 2.24) is 14.9 Å². The van der Waals surface area contributed by atoms with E-state index in [1.54, 1.807) is 16.7 Å². The molecule has 1 atom stereocenters. The number of carbonyl (C=O) groups excluding carboxylic acids is 2. The molecule has 25 heavy (non-hydrogen) atoms. The highest BCUT2D eigenvalue weighted by molar-refractivity contribution is 7.98. The number of rotatable bonds is 6.